The van der Waals surface area contributed by atoms with Crippen molar-refractivity contribution in [3.05, 3.63) is 59.9 Å². The summed E-state index contributed by atoms with van der Waals surface area (Å²) >= 11 is 0. The summed E-state index contributed by atoms with van der Waals surface area (Å²) in [5.74, 6) is 1.67. The van der Waals surface area contributed by atoms with E-state index in [-0.39, 0.29) is 11.9 Å². The van der Waals surface area contributed by atoms with Crippen molar-refractivity contribution in [1.29, 1.82) is 0 Å². The Kier molecular flexibility index (Phi) is 6.08. The highest BCUT2D eigenvalue weighted by molar-refractivity contribution is 5.77. The largest absolute Gasteiger partial charge is 0.496 e. The Morgan fingerprint density at radius 1 is 1.19 bits per heavy atom. The number of imidazole rings is 1. The molecule has 6 nitrogen and oxygen atoms in total. The number of hydrogen-bond acceptors (Lipinski definition) is 4. The van der Waals surface area contributed by atoms with Gasteiger partial charge in [0.2, 0.25) is 5.91 Å². The fourth-order valence-electron chi connectivity index (χ4n) is 3.17. The first-order valence-corrected chi connectivity index (χ1v) is 9.08. The van der Waals surface area contributed by atoms with Gasteiger partial charge in [0, 0.05) is 24.9 Å². The number of benzene rings is 2. The lowest BCUT2D eigenvalue weighted by Gasteiger charge is -2.26. The second-order valence-corrected chi connectivity index (χ2v) is 6.73. The molecule has 1 amide bonds. The molecule has 0 aliphatic carbocycles. The van der Waals surface area contributed by atoms with E-state index in [4.69, 9.17) is 4.74 Å². The summed E-state index contributed by atoms with van der Waals surface area (Å²) in [6.45, 7) is 0.520. The number of nitrogens with zero attached hydrogens (tertiary/aromatic N) is 2. The lowest BCUT2D eigenvalue weighted by molar-refractivity contribution is -0.121. The van der Waals surface area contributed by atoms with Crippen LogP contribution in [-0.4, -0.2) is 48.5 Å². The SMILES string of the molecule is COc1ccccc1C(CNC(=O)CCc1nc2ccccc2[nH]1)N(C)C. The number of hydrogen-bond donors (Lipinski definition) is 2. The van der Waals surface area contributed by atoms with E-state index in [0.29, 0.717) is 19.4 Å². The monoisotopic (exact) mass is 366 g/mol. The zero-order valence-electron chi connectivity index (χ0n) is 16.0. The van der Waals surface area contributed by atoms with Gasteiger partial charge in [0.05, 0.1) is 24.2 Å². The molecule has 142 valence electrons. The summed E-state index contributed by atoms with van der Waals surface area (Å²) in [5.41, 5.74) is 2.98. The number of rotatable bonds is 8. The molecule has 3 aromatic rings. The van der Waals surface area contributed by atoms with Crippen molar-refractivity contribution in [3.63, 3.8) is 0 Å². The standard InChI is InChI=1S/C21H26N4O2/c1-25(2)18(15-8-4-7-11-19(15)27-3)14-22-21(26)13-12-20-23-16-9-5-6-10-17(16)24-20/h4-11,18H,12-14H2,1-3H3,(H,22,26)(H,23,24). The van der Waals surface area contributed by atoms with Crippen molar-refractivity contribution < 1.29 is 9.53 Å². The van der Waals surface area contributed by atoms with Gasteiger partial charge in [-0.05, 0) is 32.3 Å². The van der Waals surface area contributed by atoms with Gasteiger partial charge in [-0.1, -0.05) is 30.3 Å². The van der Waals surface area contributed by atoms with E-state index in [1.165, 1.54) is 0 Å². The molecule has 0 aliphatic rings. The first-order chi connectivity index (χ1) is 13.1. The van der Waals surface area contributed by atoms with Crippen molar-refractivity contribution in [2.24, 2.45) is 0 Å². The number of likely N-dealkylation sites (N-methyl/N-ethyl adjacent to an activating group) is 1. The van der Waals surface area contributed by atoms with Crippen LogP contribution in [0.15, 0.2) is 48.5 Å². The van der Waals surface area contributed by atoms with Gasteiger partial charge < -0.3 is 19.9 Å². The third-order valence-electron chi connectivity index (χ3n) is 4.64. The van der Waals surface area contributed by atoms with Gasteiger partial charge in [0.25, 0.3) is 0 Å². The quantitative estimate of drug-likeness (QED) is 0.643. The lowest BCUT2D eigenvalue weighted by Crippen LogP contribution is -2.34. The fraction of sp³-hybridized carbons (Fsp3) is 0.333. The van der Waals surface area contributed by atoms with E-state index >= 15 is 0 Å². The lowest BCUT2D eigenvalue weighted by atomic mass is 10.0. The molecule has 2 N–H and O–H groups in total. The highest BCUT2D eigenvalue weighted by Gasteiger charge is 2.19. The molecule has 1 heterocycles. The van der Waals surface area contributed by atoms with Gasteiger partial charge in [-0.15, -0.1) is 0 Å². The second kappa shape index (κ2) is 8.68. The summed E-state index contributed by atoms with van der Waals surface area (Å²) in [7, 11) is 5.66. The number of aromatic nitrogens is 2. The highest BCUT2D eigenvalue weighted by atomic mass is 16.5. The molecule has 0 saturated carbocycles. The van der Waals surface area contributed by atoms with E-state index in [1.807, 2.05) is 62.6 Å². The first kappa shape index (κ1) is 18.9. The molecule has 0 aliphatic heterocycles. The average Bonchev–Trinajstić information content (AvgIpc) is 3.09. The van der Waals surface area contributed by atoms with Crippen molar-refractivity contribution >= 4 is 16.9 Å². The molecule has 2 aromatic carbocycles. The second-order valence-electron chi connectivity index (χ2n) is 6.73. The number of nitrogens with one attached hydrogen (secondary N) is 2. The number of aromatic amines is 1. The molecule has 3 rings (SSSR count). The molecule has 1 atom stereocenters. The van der Waals surface area contributed by atoms with E-state index in [1.54, 1.807) is 7.11 Å². The zero-order valence-corrected chi connectivity index (χ0v) is 16.0. The minimum Gasteiger partial charge on any atom is -0.496 e. The van der Waals surface area contributed by atoms with Crippen LogP contribution in [0.4, 0.5) is 0 Å². The van der Waals surface area contributed by atoms with E-state index in [9.17, 15) is 4.79 Å². The summed E-state index contributed by atoms with van der Waals surface area (Å²) in [6.07, 6.45) is 0.980. The summed E-state index contributed by atoms with van der Waals surface area (Å²) in [5, 5.41) is 3.04. The number of fused-ring (bicyclic) bond motifs is 1. The van der Waals surface area contributed by atoms with Gasteiger partial charge >= 0.3 is 0 Å². The molecule has 1 aromatic heterocycles. The van der Waals surface area contributed by atoms with Gasteiger partial charge in [-0.3, -0.25) is 4.79 Å². The molecule has 0 spiro atoms. The predicted molar refractivity (Wildman–Crippen MR) is 107 cm³/mol. The van der Waals surface area contributed by atoms with Gasteiger partial charge in [-0.25, -0.2) is 4.98 Å². The van der Waals surface area contributed by atoms with Crippen LogP contribution in [-0.2, 0) is 11.2 Å². The number of methoxy groups -OCH3 is 1. The van der Waals surface area contributed by atoms with Gasteiger partial charge in [0.1, 0.15) is 11.6 Å². The van der Waals surface area contributed by atoms with Gasteiger partial charge in [0.15, 0.2) is 0 Å². The topological polar surface area (TPSA) is 70.2 Å². The molecule has 0 saturated heterocycles. The predicted octanol–water partition coefficient (Wildman–Crippen LogP) is 2.92. The van der Waals surface area contributed by atoms with Crippen LogP contribution in [0.5, 0.6) is 5.75 Å². The van der Waals surface area contributed by atoms with E-state index < -0.39 is 0 Å². The minimum atomic E-state index is 0.0113. The number of carbonyl (C=O) groups excluding carboxylic acids is 1. The third kappa shape index (κ3) is 4.65. The molecule has 1 unspecified atom stereocenters. The Balaban J connectivity index is 1.57. The number of para-hydroxylation sites is 3. The number of amides is 1. The highest BCUT2D eigenvalue weighted by Crippen LogP contribution is 2.27. The van der Waals surface area contributed by atoms with Crippen LogP contribution in [0, 0.1) is 0 Å². The van der Waals surface area contributed by atoms with Crippen LogP contribution in [0.2, 0.25) is 0 Å². The van der Waals surface area contributed by atoms with Crippen LogP contribution >= 0.6 is 0 Å². The number of H-pyrrole nitrogens is 1. The van der Waals surface area contributed by atoms with E-state index in [2.05, 4.69) is 20.2 Å². The maximum absolute atomic E-state index is 12.3. The molecule has 27 heavy (non-hydrogen) atoms. The molecular weight excluding hydrogens is 340 g/mol. The molecule has 0 bridgehead atoms. The van der Waals surface area contributed by atoms with Crippen LogP contribution in [0.1, 0.15) is 23.9 Å². The first-order valence-electron chi connectivity index (χ1n) is 9.08. The Morgan fingerprint density at radius 3 is 2.67 bits per heavy atom. The smallest absolute Gasteiger partial charge is 0.220 e. The number of ether oxygens (including phenoxy) is 1. The summed E-state index contributed by atoms with van der Waals surface area (Å²) in [4.78, 5) is 22.2. The average molecular weight is 366 g/mol. The Morgan fingerprint density at radius 2 is 1.93 bits per heavy atom. The maximum Gasteiger partial charge on any atom is 0.220 e. The van der Waals surface area contributed by atoms with Crippen molar-refractivity contribution in [3.8, 4) is 5.75 Å². The molecule has 0 fully saturated rings. The minimum absolute atomic E-state index is 0.0113. The molecular formula is C21H26N4O2. The zero-order chi connectivity index (χ0) is 19.2. The third-order valence-corrected chi connectivity index (χ3v) is 4.64. The normalized spacial score (nSPS) is 12.3. The Labute approximate surface area is 159 Å². The summed E-state index contributed by atoms with van der Waals surface area (Å²) in [6, 6.07) is 15.8. The van der Waals surface area contributed by atoms with Crippen LogP contribution in [0.3, 0.4) is 0 Å². The Hall–Kier alpha value is -2.86. The fourth-order valence-corrected chi connectivity index (χ4v) is 3.17. The van der Waals surface area contributed by atoms with Crippen molar-refractivity contribution in [2.45, 2.75) is 18.9 Å². The number of aryl methyl sites for hydroxylation is 1. The number of carbonyl (C=O) groups is 1. The van der Waals surface area contributed by atoms with Crippen LogP contribution < -0.4 is 10.1 Å². The van der Waals surface area contributed by atoms with Crippen LogP contribution in [0.25, 0.3) is 11.0 Å². The Bertz CT molecular complexity index is 871. The van der Waals surface area contributed by atoms with Crippen molar-refractivity contribution in [1.82, 2.24) is 20.2 Å². The van der Waals surface area contributed by atoms with Crippen molar-refractivity contribution in [2.75, 3.05) is 27.7 Å². The molecule has 6 heteroatoms. The van der Waals surface area contributed by atoms with E-state index in [0.717, 1.165) is 28.2 Å². The maximum atomic E-state index is 12.3. The van der Waals surface area contributed by atoms with Gasteiger partial charge in [-0.2, -0.15) is 0 Å². The summed E-state index contributed by atoms with van der Waals surface area (Å²) < 4.78 is 5.47. The molecule has 0 radical (unpaired) electrons.